The minimum absolute atomic E-state index is 0.392. The summed E-state index contributed by atoms with van der Waals surface area (Å²) in [7, 11) is 0. The van der Waals surface area contributed by atoms with Crippen LogP contribution in [0.2, 0.25) is 0 Å². The summed E-state index contributed by atoms with van der Waals surface area (Å²) < 4.78 is 5.54. The molecule has 4 heteroatoms. The average molecular weight is 290 g/mol. The van der Waals surface area contributed by atoms with Gasteiger partial charge in [0.05, 0.1) is 0 Å². The Bertz CT molecular complexity index is 483. The number of aryl methyl sites for hydroxylation is 1. The van der Waals surface area contributed by atoms with Gasteiger partial charge in [0.1, 0.15) is 5.60 Å². The van der Waals surface area contributed by atoms with Gasteiger partial charge in [-0.25, -0.2) is 4.79 Å². The maximum atomic E-state index is 11.3. The topological polar surface area (TPSA) is 78.3 Å². The number of nitrogen functional groups attached to an aromatic ring is 1. The van der Waals surface area contributed by atoms with Crippen molar-refractivity contribution in [3.63, 3.8) is 0 Å². The summed E-state index contributed by atoms with van der Waals surface area (Å²) in [5, 5.41) is 0. The summed E-state index contributed by atoms with van der Waals surface area (Å²) in [6, 6.07) is 7.85. The number of carbonyl (C=O) groups is 1. The third-order valence-corrected chi connectivity index (χ3v) is 4.75. The third-order valence-electron chi connectivity index (χ3n) is 4.75. The molecule has 1 aliphatic rings. The van der Waals surface area contributed by atoms with Gasteiger partial charge in [0, 0.05) is 5.69 Å². The first-order valence-corrected chi connectivity index (χ1v) is 7.83. The molecule has 0 heterocycles. The van der Waals surface area contributed by atoms with E-state index in [9.17, 15) is 4.79 Å². The molecule has 0 radical (unpaired) electrons. The van der Waals surface area contributed by atoms with Gasteiger partial charge in [-0.3, -0.25) is 0 Å². The van der Waals surface area contributed by atoms with Crippen molar-refractivity contribution in [1.82, 2.24) is 0 Å². The maximum absolute atomic E-state index is 11.3. The number of hydrogen-bond acceptors (Lipinski definition) is 3. The lowest BCUT2D eigenvalue weighted by Gasteiger charge is -2.39. The second kappa shape index (κ2) is 6.83. The fourth-order valence-electron chi connectivity index (χ4n) is 3.43. The summed E-state index contributed by atoms with van der Waals surface area (Å²) in [4.78, 5) is 11.3. The standard InChI is InChI=1S/C17H26N2O2/c1-17(21-16(19)20,14-8-3-2-4-9-14)12-11-13-7-5-6-10-15(13)18/h5-7,10,14H,2-4,8-9,11-12,18H2,1H3,(H2,19,20)/t17-/m0/s1. The van der Waals surface area contributed by atoms with Crippen LogP contribution in [-0.4, -0.2) is 11.7 Å². The highest BCUT2D eigenvalue weighted by atomic mass is 16.6. The molecule has 0 spiro atoms. The summed E-state index contributed by atoms with van der Waals surface area (Å²) in [6.45, 7) is 2.02. The van der Waals surface area contributed by atoms with E-state index in [1.165, 1.54) is 19.3 Å². The number of nitrogens with two attached hydrogens (primary N) is 2. The van der Waals surface area contributed by atoms with Crippen molar-refractivity contribution in [2.45, 2.75) is 57.5 Å². The Morgan fingerprint density at radius 3 is 2.57 bits per heavy atom. The van der Waals surface area contributed by atoms with Crippen molar-refractivity contribution < 1.29 is 9.53 Å². The molecule has 1 aromatic carbocycles. The number of carbonyl (C=O) groups excluding carboxylic acids is 1. The molecular formula is C17H26N2O2. The van der Waals surface area contributed by atoms with Gasteiger partial charge < -0.3 is 16.2 Å². The molecule has 1 saturated carbocycles. The minimum atomic E-state index is -0.677. The van der Waals surface area contributed by atoms with Crippen LogP contribution < -0.4 is 11.5 Å². The minimum Gasteiger partial charge on any atom is -0.443 e. The molecule has 1 aliphatic carbocycles. The number of rotatable bonds is 5. The number of hydrogen-bond donors (Lipinski definition) is 2. The second-order valence-electron chi connectivity index (χ2n) is 6.27. The zero-order valence-electron chi connectivity index (χ0n) is 12.8. The summed E-state index contributed by atoms with van der Waals surface area (Å²) >= 11 is 0. The maximum Gasteiger partial charge on any atom is 0.405 e. The van der Waals surface area contributed by atoms with Crippen molar-refractivity contribution in [1.29, 1.82) is 0 Å². The van der Waals surface area contributed by atoms with Gasteiger partial charge in [-0.2, -0.15) is 0 Å². The molecule has 1 amide bonds. The van der Waals surface area contributed by atoms with Crippen LogP contribution in [0, 0.1) is 5.92 Å². The normalized spacial score (nSPS) is 18.9. The fourth-order valence-corrected chi connectivity index (χ4v) is 3.43. The van der Waals surface area contributed by atoms with E-state index in [0.717, 1.165) is 36.9 Å². The van der Waals surface area contributed by atoms with E-state index in [2.05, 4.69) is 0 Å². The number of amides is 1. The Morgan fingerprint density at radius 2 is 1.95 bits per heavy atom. The van der Waals surface area contributed by atoms with Gasteiger partial charge in [-0.15, -0.1) is 0 Å². The number of benzene rings is 1. The van der Waals surface area contributed by atoms with Gasteiger partial charge in [-0.05, 0) is 50.2 Å². The molecule has 4 N–H and O–H groups in total. The Kier molecular flexibility index (Phi) is 5.10. The third kappa shape index (κ3) is 4.13. The number of anilines is 1. The largest absolute Gasteiger partial charge is 0.443 e. The van der Waals surface area contributed by atoms with Gasteiger partial charge in [0.2, 0.25) is 0 Å². The predicted molar refractivity (Wildman–Crippen MR) is 84.8 cm³/mol. The Balaban J connectivity index is 2.08. The number of primary amides is 1. The van der Waals surface area contributed by atoms with E-state index >= 15 is 0 Å². The highest BCUT2D eigenvalue weighted by Crippen LogP contribution is 2.38. The molecule has 0 aliphatic heterocycles. The summed E-state index contributed by atoms with van der Waals surface area (Å²) in [5.74, 6) is 0.392. The summed E-state index contributed by atoms with van der Waals surface area (Å²) in [6.07, 6.45) is 6.77. The van der Waals surface area contributed by atoms with Crippen LogP contribution in [0.15, 0.2) is 24.3 Å². The van der Waals surface area contributed by atoms with Crippen LogP contribution in [-0.2, 0) is 11.2 Å². The van der Waals surface area contributed by atoms with Crippen LogP contribution >= 0.6 is 0 Å². The number of ether oxygens (including phenoxy) is 1. The molecule has 1 atom stereocenters. The van der Waals surface area contributed by atoms with Gasteiger partial charge in [0.15, 0.2) is 0 Å². The molecule has 4 nitrogen and oxygen atoms in total. The van der Waals surface area contributed by atoms with Gasteiger partial charge in [0.25, 0.3) is 0 Å². The molecular weight excluding hydrogens is 264 g/mol. The molecule has 0 unspecified atom stereocenters. The highest BCUT2D eigenvalue weighted by Gasteiger charge is 2.37. The van der Waals surface area contributed by atoms with Crippen molar-refractivity contribution in [2.24, 2.45) is 11.7 Å². The Morgan fingerprint density at radius 1 is 1.29 bits per heavy atom. The van der Waals surface area contributed by atoms with Crippen molar-refractivity contribution in [3.8, 4) is 0 Å². The smallest absolute Gasteiger partial charge is 0.405 e. The molecule has 116 valence electrons. The zero-order chi connectivity index (χ0) is 15.3. The molecule has 0 saturated heterocycles. The number of para-hydroxylation sites is 1. The van der Waals surface area contributed by atoms with Gasteiger partial charge >= 0.3 is 6.09 Å². The van der Waals surface area contributed by atoms with Crippen LogP contribution in [0.1, 0.15) is 51.0 Å². The molecule has 0 aromatic heterocycles. The molecule has 1 aromatic rings. The van der Waals surface area contributed by atoms with Crippen LogP contribution in [0.25, 0.3) is 0 Å². The lowest BCUT2D eigenvalue weighted by molar-refractivity contribution is -0.0344. The van der Waals surface area contributed by atoms with Crippen molar-refractivity contribution in [2.75, 3.05) is 5.73 Å². The van der Waals surface area contributed by atoms with Crippen molar-refractivity contribution >= 4 is 11.8 Å². The lowest BCUT2D eigenvalue weighted by Crippen LogP contribution is -2.42. The van der Waals surface area contributed by atoms with E-state index in [1.54, 1.807) is 0 Å². The lowest BCUT2D eigenvalue weighted by atomic mass is 9.75. The fraction of sp³-hybridized carbons (Fsp3) is 0.588. The molecule has 2 rings (SSSR count). The highest BCUT2D eigenvalue weighted by molar-refractivity contribution is 5.65. The van der Waals surface area contributed by atoms with Crippen LogP contribution in [0.3, 0.4) is 0 Å². The van der Waals surface area contributed by atoms with E-state index in [-0.39, 0.29) is 0 Å². The zero-order valence-corrected chi connectivity index (χ0v) is 12.8. The molecule has 1 fully saturated rings. The summed E-state index contributed by atoms with van der Waals surface area (Å²) in [5.41, 5.74) is 12.7. The SMILES string of the molecule is C[C@@](CCc1ccccc1N)(OC(N)=O)C1CCCCC1. The van der Waals surface area contributed by atoms with Crippen LogP contribution in [0.5, 0.6) is 0 Å². The average Bonchev–Trinajstić information content (AvgIpc) is 2.47. The monoisotopic (exact) mass is 290 g/mol. The first-order valence-electron chi connectivity index (χ1n) is 7.83. The van der Waals surface area contributed by atoms with E-state index < -0.39 is 11.7 Å². The van der Waals surface area contributed by atoms with E-state index in [1.807, 2.05) is 31.2 Å². The van der Waals surface area contributed by atoms with E-state index in [4.69, 9.17) is 16.2 Å². The Hall–Kier alpha value is -1.71. The second-order valence-corrected chi connectivity index (χ2v) is 6.27. The Labute approximate surface area is 126 Å². The van der Waals surface area contributed by atoms with E-state index in [0.29, 0.717) is 5.92 Å². The molecule has 0 bridgehead atoms. The first-order chi connectivity index (χ1) is 10.0. The van der Waals surface area contributed by atoms with Crippen molar-refractivity contribution in [3.05, 3.63) is 29.8 Å². The van der Waals surface area contributed by atoms with Crippen LogP contribution in [0.4, 0.5) is 10.5 Å². The molecule has 21 heavy (non-hydrogen) atoms. The quantitative estimate of drug-likeness (QED) is 0.813. The van der Waals surface area contributed by atoms with Gasteiger partial charge in [-0.1, -0.05) is 37.5 Å². The predicted octanol–water partition coefficient (Wildman–Crippen LogP) is 3.64. The first kappa shape index (κ1) is 15.7.